The third-order valence-electron chi connectivity index (χ3n) is 0.788. The van der Waals surface area contributed by atoms with Crippen LogP contribution in [0.15, 0.2) is 0 Å². The van der Waals surface area contributed by atoms with E-state index < -0.39 is 0 Å². The number of ketones is 1. The van der Waals surface area contributed by atoms with Gasteiger partial charge in [0.25, 0.3) is 0 Å². The average Bonchev–Trinajstić information content (AvgIpc) is 1.83. The second-order valence-electron chi connectivity index (χ2n) is 1.98. The van der Waals surface area contributed by atoms with Gasteiger partial charge in [-0.2, -0.15) is 0 Å². The van der Waals surface area contributed by atoms with E-state index in [1.807, 2.05) is 6.92 Å². The van der Waals surface area contributed by atoms with Crippen molar-refractivity contribution < 1.29 is 9.53 Å². The van der Waals surface area contributed by atoms with Gasteiger partial charge in [0, 0.05) is 5.88 Å². The van der Waals surface area contributed by atoms with E-state index in [0.29, 0.717) is 5.88 Å². The lowest BCUT2D eigenvalue weighted by atomic mass is 10.4. The van der Waals surface area contributed by atoms with Crippen molar-refractivity contribution in [2.45, 2.75) is 20.0 Å². The summed E-state index contributed by atoms with van der Waals surface area (Å²) in [5.41, 5.74) is 0. The maximum atomic E-state index is 10.3. The Balaban J connectivity index is 3.16. The molecule has 0 saturated carbocycles. The number of alkyl halides is 1. The van der Waals surface area contributed by atoms with Crippen molar-refractivity contribution in [2.75, 3.05) is 12.5 Å². The maximum absolute atomic E-state index is 10.3. The van der Waals surface area contributed by atoms with Gasteiger partial charge in [0.15, 0.2) is 5.78 Å². The second kappa shape index (κ2) is 4.77. The summed E-state index contributed by atoms with van der Waals surface area (Å²) in [6, 6.07) is 0. The lowest BCUT2D eigenvalue weighted by Crippen LogP contribution is -2.14. The smallest absolute Gasteiger partial charge is 0.155 e. The van der Waals surface area contributed by atoms with Crippen molar-refractivity contribution in [3.05, 3.63) is 0 Å². The first-order chi connectivity index (χ1) is 4.16. The monoisotopic (exact) mass is 150 g/mol. The van der Waals surface area contributed by atoms with Crippen molar-refractivity contribution in [1.82, 2.24) is 0 Å². The van der Waals surface area contributed by atoms with Gasteiger partial charge in [-0.3, -0.25) is 4.79 Å². The van der Waals surface area contributed by atoms with Gasteiger partial charge in [0.05, 0.1) is 6.10 Å². The van der Waals surface area contributed by atoms with E-state index in [9.17, 15) is 4.79 Å². The van der Waals surface area contributed by atoms with Crippen molar-refractivity contribution in [3.8, 4) is 0 Å². The van der Waals surface area contributed by atoms with Crippen molar-refractivity contribution in [2.24, 2.45) is 0 Å². The molecule has 54 valence electrons. The summed E-state index contributed by atoms with van der Waals surface area (Å²) in [4.78, 5) is 10.3. The van der Waals surface area contributed by atoms with Crippen LogP contribution >= 0.6 is 11.6 Å². The molecule has 0 aliphatic heterocycles. The topological polar surface area (TPSA) is 26.3 Å². The van der Waals surface area contributed by atoms with Crippen molar-refractivity contribution in [1.29, 1.82) is 0 Å². The highest BCUT2D eigenvalue weighted by Crippen LogP contribution is 1.92. The number of hydrogen-bond acceptors (Lipinski definition) is 2. The Bertz CT molecular complexity index is 93.1. The Hall–Kier alpha value is -0.0800. The van der Waals surface area contributed by atoms with Crippen molar-refractivity contribution >= 4 is 17.4 Å². The third-order valence-corrected chi connectivity index (χ3v) is 1.22. The number of hydrogen-bond donors (Lipinski definition) is 0. The summed E-state index contributed by atoms with van der Waals surface area (Å²) in [6.07, 6.45) is -0.0180. The van der Waals surface area contributed by atoms with Crippen molar-refractivity contribution in [3.63, 3.8) is 0 Å². The van der Waals surface area contributed by atoms with Crippen LogP contribution in [0.4, 0.5) is 0 Å². The van der Waals surface area contributed by atoms with E-state index in [2.05, 4.69) is 0 Å². The normalized spacial score (nSPS) is 13.2. The molecular formula is C6H11ClO2. The zero-order chi connectivity index (χ0) is 7.28. The molecule has 1 unspecified atom stereocenters. The van der Waals surface area contributed by atoms with Crippen LogP contribution in [0.5, 0.6) is 0 Å². The predicted molar refractivity (Wildman–Crippen MR) is 36.8 cm³/mol. The molecule has 0 fully saturated rings. The highest BCUT2D eigenvalue weighted by molar-refractivity contribution is 6.18. The molecule has 0 radical (unpaired) electrons. The van der Waals surface area contributed by atoms with Gasteiger partial charge in [-0.1, -0.05) is 0 Å². The molecule has 3 heteroatoms. The van der Waals surface area contributed by atoms with E-state index >= 15 is 0 Å². The van der Waals surface area contributed by atoms with Crippen LogP contribution in [0, 0.1) is 0 Å². The molecule has 0 rings (SSSR count). The molecule has 2 nitrogen and oxygen atoms in total. The molecule has 0 saturated heterocycles. The summed E-state index contributed by atoms with van der Waals surface area (Å²) in [5, 5.41) is 0. The molecule has 0 aromatic rings. The molecule has 0 heterocycles. The molecule has 1 atom stereocenters. The van der Waals surface area contributed by atoms with E-state index in [1.54, 1.807) is 0 Å². The Kier molecular flexibility index (Phi) is 4.72. The van der Waals surface area contributed by atoms with Crippen LogP contribution in [0.25, 0.3) is 0 Å². The Labute approximate surface area is 60.1 Å². The summed E-state index contributed by atoms with van der Waals surface area (Å²) >= 11 is 5.40. The number of halogens is 1. The Morgan fingerprint density at radius 3 is 2.67 bits per heavy atom. The van der Waals surface area contributed by atoms with Crippen LogP contribution in [-0.2, 0) is 9.53 Å². The quantitative estimate of drug-likeness (QED) is 0.564. The van der Waals surface area contributed by atoms with Gasteiger partial charge < -0.3 is 4.74 Å². The lowest BCUT2D eigenvalue weighted by molar-refractivity contribution is -0.122. The first-order valence-corrected chi connectivity index (χ1v) is 3.37. The molecule has 0 aromatic heterocycles. The van der Waals surface area contributed by atoms with Gasteiger partial charge >= 0.3 is 0 Å². The summed E-state index contributed by atoms with van der Waals surface area (Å²) in [7, 11) is 0. The minimum absolute atomic E-state index is 0.0180. The molecule has 9 heavy (non-hydrogen) atoms. The van der Waals surface area contributed by atoms with Gasteiger partial charge in [-0.15, -0.1) is 11.6 Å². The van der Waals surface area contributed by atoms with E-state index in [1.165, 1.54) is 6.92 Å². The van der Waals surface area contributed by atoms with Gasteiger partial charge in [-0.05, 0) is 13.8 Å². The van der Waals surface area contributed by atoms with Gasteiger partial charge in [0.2, 0.25) is 0 Å². The zero-order valence-electron chi connectivity index (χ0n) is 5.69. The summed E-state index contributed by atoms with van der Waals surface area (Å²) in [6.45, 7) is 3.49. The maximum Gasteiger partial charge on any atom is 0.155 e. The number of ether oxygens (including phenoxy) is 1. The fourth-order valence-corrected chi connectivity index (χ4v) is 0.393. The fraction of sp³-hybridized carbons (Fsp3) is 0.833. The molecule has 0 aliphatic rings. The largest absolute Gasteiger partial charge is 0.370 e. The number of carbonyl (C=O) groups is 1. The van der Waals surface area contributed by atoms with Crippen LogP contribution in [0.3, 0.4) is 0 Å². The standard InChI is InChI=1S/C6H11ClO2/c1-5(8)4-9-6(2)3-7/h6H,3-4H2,1-2H3. The molecule has 0 aromatic carbocycles. The summed E-state index contributed by atoms with van der Waals surface area (Å²) in [5.74, 6) is 0.472. The lowest BCUT2D eigenvalue weighted by Gasteiger charge is -2.05. The molecule has 0 spiro atoms. The van der Waals surface area contributed by atoms with E-state index in [0.717, 1.165) is 0 Å². The third kappa shape index (κ3) is 5.80. The highest BCUT2D eigenvalue weighted by Gasteiger charge is 1.99. The number of carbonyl (C=O) groups excluding carboxylic acids is 1. The molecule has 0 amide bonds. The van der Waals surface area contributed by atoms with Crippen LogP contribution < -0.4 is 0 Å². The van der Waals surface area contributed by atoms with E-state index in [-0.39, 0.29) is 18.5 Å². The number of Topliss-reactive ketones (excluding diaryl/α,β-unsaturated/α-hetero) is 1. The first kappa shape index (κ1) is 8.92. The summed E-state index contributed by atoms with van der Waals surface area (Å²) < 4.78 is 4.97. The molecule has 0 N–H and O–H groups in total. The minimum Gasteiger partial charge on any atom is -0.370 e. The van der Waals surface area contributed by atoms with Crippen LogP contribution in [-0.4, -0.2) is 24.4 Å². The predicted octanol–water partition coefficient (Wildman–Crippen LogP) is 1.22. The zero-order valence-corrected chi connectivity index (χ0v) is 6.44. The first-order valence-electron chi connectivity index (χ1n) is 2.83. The average molecular weight is 151 g/mol. The van der Waals surface area contributed by atoms with E-state index in [4.69, 9.17) is 16.3 Å². The SMILES string of the molecule is CC(=O)COC(C)CCl. The molecule has 0 bridgehead atoms. The van der Waals surface area contributed by atoms with Crippen LogP contribution in [0.1, 0.15) is 13.8 Å². The number of rotatable bonds is 4. The minimum atomic E-state index is -0.0180. The fourth-order valence-electron chi connectivity index (χ4n) is 0.304. The molecule has 0 aliphatic carbocycles. The van der Waals surface area contributed by atoms with Gasteiger partial charge in [-0.25, -0.2) is 0 Å². The van der Waals surface area contributed by atoms with Gasteiger partial charge in [0.1, 0.15) is 6.61 Å². The highest BCUT2D eigenvalue weighted by atomic mass is 35.5. The molecular weight excluding hydrogens is 140 g/mol. The van der Waals surface area contributed by atoms with Crippen LogP contribution in [0.2, 0.25) is 0 Å². The second-order valence-corrected chi connectivity index (χ2v) is 2.29. The Morgan fingerprint density at radius 2 is 2.33 bits per heavy atom. The Morgan fingerprint density at radius 1 is 1.78 bits per heavy atom.